The van der Waals surface area contributed by atoms with Crippen LogP contribution >= 0.6 is 0 Å². The highest BCUT2D eigenvalue weighted by atomic mass is 16.5. The Balaban J connectivity index is 2.71. The van der Waals surface area contributed by atoms with Gasteiger partial charge in [0, 0.05) is 13.5 Å². The van der Waals surface area contributed by atoms with Gasteiger partial charge in [-0.05, 0) is 0 Å². The van der Waals surface area contributed by atoms with Crippen LogP contribution in [0.1, 0.15) is 12.7 Å². The monoisotopic (exact) mass is 199 g/mol. The molecule has 1 atom stereocenters. The van der Waals surface area contributed by atoms with Crippen LogP contribution in [0.5, 0.6) is 0 Å². The summed E-state index contributed by atoms with van der Waals surface area (Å²) in [6.07, 6.45) is 3.64. The van der Waals surface area contributed by atoms with Crippen LogP contribution < -0.4 is 4.57 Å². The minimum atomic E-state index is -0.941. The zero-order valence-corrected chi connectivity index (χ0v) is 8.36. The molecule has 5 heteroatoms. The van der Waals surface area contributed by atoms with Gasteiger partial charge in [-0.3, -0.25) is 0 Å². The Morgan fingerprint density at radius 1 is 1.79 bits per heavy atom. The van der Waals surface area contributed by atoms with Gasteiger partial charge in [0.25, 0.3) is 5.82 Å². The molecule has 1 aromatic heterocycles. The van der Waals surface area contributed by atoms with Gasteiger partial charge in [-0.1, -0.05) is 6.92 Å². The highest BCUT2D eigenvalue weighted by molar-refractivity contribution is 5.71. The third kappa shape index (κ3) is 2.32. The van der Waals surface area contributed by atoms with Crippen LogP contribution in [0.3, 0.4) is 0 Å². The lowest BCUT2D eigenvalue weighted by molar-refractivity contribution is -0.707. The van der Waals surface area contributed by atoms with Crippen LogP contribution in [0.2, 0.25) is 0 Å². The summed E-state index contributed by atoms with van der Waals surface area (Å²) in [5, 5.41) is 8.79. The van der Waals surface area contributed by atoms with Crippen molar-refractivity contribution in [2.24, 2.45) is 0 Å². The van der Waals surface area contributed by atoms with Crippen molar-refractivity contribution in [3.05, 3.63) is 18.2 Å². The van der Waals surface area contributed by atoms with E-state index in [0.29, 0.717) is 6.54 Å². The molecule has 0 saturated carbocycles. The molecular weight excluding hydrogens is 184 g/mol. The van der Waals surface area contributed by atoms with Gasteiger partial charge in [0.05, 0.1) is 0 Å². The Morgan fingerprint density at radius 2 is 2.50 bits per heavy atom. The number of hydrogen-bond donors (Lipinski definition) is 2. The number of nitrogens with zero attached hydrogens (tertiary/aromatic N) is 1. The van der Waals surface area contributed by atoms with Gasteiger partial charge in [0.2, 0.25) is 0 Å². The molecule has 1 heterocycles. The van der Waals surface area contributed by atoms with Crippen molar-refractivity contribution in [1.29, 1.82) is 0 Å². The lowest BCUT2D eigenvalue weighted by Crippen LogP contribution is -2.45. The number of rotatable bonds is 5. The molecule has 0 aliphatic heterocycles. The van der Waals surface area contributed by atoms with Crippen molar-refractivity contribution in [3.8, 4) is 0 Å². The van der Waals surface area contributed by atoms with Crippen molar-refractivity contribution in [3.63, 3.8) is 0 Å². The number of carboxylic acid groups (broad SMARTS) is 1. The zero-order chi connectivity index (χ0) is 10.6. The highest BCUT2D eigenvalue weighted by Gasteiger charge is 2.21. The number of nitrogens with one attached hydrogen (secondary N) is 1. The van der Waals surface area contributed by atoms with E-state index < -0.39 is 12.1 Å². The molecule has 1 aromatic rings. The Kier molecular flexibility index (Phi) is 3.64. The molecule has 0 aliphatic rings. The van der Waals surface area contributed by atoms with Crippen LogP contribution in [0.4, 0.5) is 0 Å². The minimum Gasteiger partial charge on any atom is -0.479 e. The Morgan fingerprint density at radius 3 is 3.00 bits per heavy atom. The summed E-state index contributed by atoms with van der Waals surface area (Å²) in [5.74, 6) is 0.0524. The molecule has 2 N–H and O–H groups in total. The summed E-state index contributed by atoms with van der Waals surface area (Å²) < 4.78 is 6.70. The largest absolute Gasteiger partial charge is 0.479 e. The number of aromatic nitrogens is 2. The number of ether oxygens (including phenoxy) is 1. The van der Waals surface area contributed by atoms with Gasteiger partial charge in [0.15, 0.2) is 6.10 Å². The topological polar surface area (TPSA) is 66.2 Å². The van der Waals surface area contributed by atoms with Crippen molar-refractivity contribution < 1.29 is 19.2 Å². The molecule has 0 bridgehead atoms. The van der Waals surface area contributed by atoms with Gasteiger partial charge in [-0.15, -0.1) is 0 Å². The van der Waals surface area contributed by atoms with E-state index in [4.69, 9.17) is 9.84 Å². The molecule has 78 valence electrons. The first-order valence-electron chi connectivity index (χ1n) is 4.50. The van der Waals surface area contributed by atoms with Crippen LogP contribution in [-0.4, -0.2) is 29.3 Å². The fraction of sp³-hybridized carbons (Fsp3) is 0.556. The molecule has 5 nitrogen and oxygen atoms in total. The predicted octanol–water partition coefficient (Wildman–Crippen LogP) is -0.0358. The molecule has 0 aromatic carbocycles. The second kappa shape index (κ2) is 4.76. The van der Waals surface area contributed by atoms with E-state index in [1.54, 1.807) is 6.20 Å². The van der Waals surface area contributed by atoms with Gasteiger partial charge in [-0.2, -0.15) is 0 Å². The lowest BCUT2D eigenvalue weighted by atomic mass is 10.3. The second-order valence-electron chi connectivity index (χ2n) is 2.98. The van der Waals surface area contributed by atoms with Gasteiger partial charge < -0.3 is 9.84 Å². The fourth-order valence-corrected chi connectivity index (χ4v) is 1.30. The zero-order valence-electron chi connectivity index (χ0n) is 8.36. The van der Waals surface area contributed by atoms with Crippen LogP contribution in [0, 0.1) is 0 Å². The summed E-state index contributed by atoms with van der Waals surface area (Å²) in [6, 6.07) is 0. The molecule has 0 radical (unpaired) electrons. The number of carbonyl (C=O) groups is 1. The SMILES string of the molecule is CCc1[nH]cc[n+]1CC(OC)C(=O)O. The maximum Gasteiger partial charge on any atom is 0.336 e. The number of H-pyrrole nitrogens is 1. The number of aryl methyl sites for hydroxylation is 1. The van der Waals surface area contributed by atoms with Gasteiger partial charge in [0.1, 0.15) is 18.9 Å². The van der Waals surface area contributed by atoms with Crippen molar-refractivity contribution >= 4 is 5.97 Å². The molecule has 0 amide bonds. The average molecular weight is 199 g/mol. The summed E-state index contributed by atoms with van der Waals surface area (Å²) in [6.45, 7) is 2.34. The summed E-state index contributed by atoms with van der Waals surface area (Å²) in [5.41, 5.74) is 0. The summed E-state index contributed by atoms with van der Waals surface area (Å²) in [7, 11) is 1.40. The summed E-state index contributed by atoms with van der Waals surface area (Å²) in [4.78, 5) is 13.7. The molecule has 0 spiro atoms. The molecule has 14 heavy (non-hydrogen) atoms. The maximum absolute atomic E-state index is 10.7. The van der Waals surface area contributed by atoms with E-state index in [2.05, 4.69) is 4.98 Å². The number of aliphatic carboxylic acids is 1. The van der Waals surface area contributed by atoms with Crippen molar-refractivity contribution in [2.75, 3.05) is 7.11 Å². The first-order valence-corrected chi connectivity index (χ1v) is 4.50. The third-order valence-electron chi connectivity index (χ3n) is 2.11. The number of carboxylic acids is 1. The van der Waals surface area contributed by atoms with Gasteiger partial charge >= 0.3 is 5.97 Å². The van der Waals surface area contributed by atoms with E-state index in [9.17, 15) is 4.79 Å². The lowest BCUT2D eigenvalue weighted by Gasteiger charge is -2.08. The van der Waals surface area contributed by atoms with Crippen LogP contribution in [-0.2, 0) is 22.5 Å². The second-order valence-corrected chi connectivity index (χ2v) is 2.98. The first kappa shape index (κ1) is 10.7. The number of aromatic amines is 1. The van der Waals surface area contributed by atoms with Crippen LogP contribution in [0.25, 0.3) is 0 Å². The van der Waals surface area contributed by atoms with E-state index >= 15 is 0 Å². The normalized spacial score (nSPS) is 12.7. The molecule has 1 unspecified atom stereocenters. The van der Waals surface area contributed by atoms with E-state index in [-0.39, 0.29) is 0 Å². The minimum absolute atomic E-state index is 0.332. The maximum atomic E-state index is 10.7. The summed E-state index contributed by atoms with van der Waals surface area (Å²) >= 11 is 0. The molecule has 0 fully saturated rings. The fourth-order valence-electron chi connectivity index (χ4n) is 1.30. The number of methoxy groups -OCH3 is 1. The average Bonchev–Trinajstić information content (AvgIpc) is 2.60. The van der Waals surface area contributed by atoms with E-state index in [0.717, 1.165) is 12.2 Å². The quantitative estimate of drug-likeness (QED) is 0.654. The third-order valence-corrected chi connectivity index (χ3v) is 2.11. The molecule has 1 rings (SSSR count). The Hall–Kier alpha value is -1.36. The Labute approximate surface area is 82.3 Å². The van der Waals surface area contributed by atoms with Gasteiger partial charge in [-0.25, -0.2) is 14.3 Å². The number of imidazole rings is 1. The van der Waals surface area contributed by atoms with Crippen LogP contribution in [0.15, 0.2) is 12.4 Å². The first-order chi connectivity index (χ1) is 6.69. The molecule has 0 saturated heterocycles. The molecular formula is C9H15N2O3+. The highest BCUT2D eigenvalue weighted by Crippen LogP contribution is 1.93. The number of hydrogen-bond acceptors (Lipinski definition) is 2. The van der Waals surface area contributed by atoms with E-state index in [1.165, 1.54) is 7.11 Å². The van der Waals surface area contributed by atoms with Crippen molar-refractivity contribution in [2.45, 2.75) is 26.0 Å². The predicted molar refractivity (Wildman–Crippen MR) is 48.8 cm³/mol. The van der Waals surface area contributed by atoms with Crippen molar-refractivity contribution in [1.82, 2.24) is 4.98 Å². The molecule has 0 aliphatic carbocycles. The standard InChI is InChI=1S/C9H14N2O3/c1-3-8-10-4-5-11(8)6-7(14-2)9(12)13/h4-5,7H,3,6H2,1-2H3,(H,12,13)/p+1. The smallest absolute Gasteiger partial charge is 0.336 e. The Bertz CT molecular complexity index is 309. The van der Waals surface area contributed by atoms with E-state index in [1.807, 2.05) is 17.7 Å².